The van der Waals surface area contributed by atoms with Crippen LogP contribution in [-0.2, 0) is 4.79 Å². The van der Waals surface area contributed by atoms with Gasteiger partial charge < -0.3 is 0 Å². The molecule has 2 rings (SSSR count). The molecule has 2 N–H and O–H groups in total. The number of nitrogens with one attached hydrogen (secondary N) is 2. The summed E-state index contributed by atoms with van der Waals surface area (Å²) in [5.41, 5.74) is 1.93. The molecular weight excluding hydrogens is 250 g/mol. The van der Waals surface area contributed by atoms with E-state index in [-0.39, 0.29) is 11.7 Å². The first-order valence-electron chi connectivity index (χ1n) is 4.47. The van der Waals surface area contributed by atoms with E-state index < -0.39 is 5.69 Å². The summed E-state index contributed by atoms with van der Waals surface area (Å²) in [6, 6.07) is 0. The highest BCUT2D eigenvalue weighted by molar-refractivity contribution is 8.39. The number of nitrogens with zero attached hydrogens (tertiary/aromatic N) is 3. The predicted molar refractivity (Wildman–Crippen MR) is 64.4 cm³/mol. The second-order valence-corrected chi connectivity index (χ2v) is 5.16. The zero-order valence-corrected chi connectivity index (χ0v) is 9.81. The third kappa shape index (κ3) is 2.89. The zero-order valence-electron chi connectivity index (χ0n) is 8.17. The Hall–Kier alpha value is -1.22. The fourth-order valence-electron chi connectivity index (χ4n) is 1.02. The molecule has 1 aliphatic heterocycles. The van der Waals surface area contributed by atoms with Crippen LogP contribution < -0.4 is 11.1 Å². The molecule has 0 fully saturated rings. The number of amides is 1. The number of H-pyrrole nitrogens is 1. The van der Waals surface area contributed by atoms with E-state index in [4.69, 9.17) is 0 Å². The van der Waals surface area contributed by atoms with Gasteiger partial charge in [0.25, 0.3) is 0 Å². The molecule has 0 aromatic carbocycles. The Balaban J connectivity index is 1.80. The number of aromatic amines is 1. The van der Waals surface area contributed by atoms with Crippen LogP contribution in [0.25, 0.3) is 0 Å². The van der Waals surface area contributed by atoms with Gasteiger partial charge in [0, 0.05) is 5.75 Å². The lowest BCUT2D eigenvalue weighted by atomic mass is 10.7. The topological polar surface area (TPSA) is 92.1 Å². The van der Waals surface area contributed by atoms with Crippen molar-refractivity contribution in [2.75, 3.05) is 23.5 Å². The molecule has 0 saturated heterocycles. The number of hydrogen-bond acceptors (Lipinski definition) is 6. The molecule has 2 heterocycles. The number of thioether (sulfide) groups is 2. The van der Waals surface area contributed by atoms with Gasteiger partial charge >= 0.3 is 5.69 Å². The Kier molecular flexibility index (Phi) is 3.67. The molecule has 1 aliphatic rings. The standard InChI is InChI=1S/C7H9N5O2S2/c13-5(3-16-7-8-1-2-15-7)11-12-4-9-10-6(12)14/h4H,1-3H2,(H,10,14)(H,11,13). The molecule has 0 saturated carbocycles. The number of carbonyl (C=O) groups excluding carboxylic acids is 1. The third-order valence-electron chi connectivity index (χ3n) is 1.68. The summed E-state index contributed by atoms with van der Waals surface area (Å²) >= 11 is 3.02. The Morgan fingerprint density at radius 2 is 2.62 bits per heavy atom. The fraction of sp³-hybridized carbons (Fsp3) is 0.429. The van der Waals surface area contributed by atoms with E-state index in [0.29, 0.717) is 0 Å². The van der Waals surface area contributed by atoms with Crippen LogP contribution in [0.2, 0.25) is 0 Å². The molecule has 9 heteroatoms. The molecule has 1 aromatic heterocycles. The average Bonchev–Trinajstić information content (AvgIpc) is 2.88. The summed E-state index contributed by atoms with van der Waals surface area (Å²) in [6.07, 6.45) is 1.22. The van der Waals surface area contributed by atoms with E-state index in [1.165, 1.54) is 18.1 Å². The molecule has 7 nitrogen and oxygen atoms in total. The summed E-state index contributed by atoms with van der Waals surface area (Å²) in [6.45, 7) is 0.815. The Morgan fingerprint density at radius 3 is 3.25 bits per heavy atom. The van der Waals surface area contributed by atoms with Crippen LogP contribution in [0.1, 0.15) is 0 Å². The molecule has 16 heavy (non-hydrogen) atoms. The number of aromatic nitrogens is 3. The summed E-state index contributed by atoms with van der Waals surface area (Å²) in [7, 11) is 0. The number of hydrogen-bond donors (Lipinski definition) is 2. The van der Waals surface area contributed by atoms with E-state index in [9.17, 15) is 9.59 Å². The van der Waals surface area contributed by atoms with Crippen LogP contribution in [0.4, 0.5) is 0 Å². The van der Waals surface area contributed by atoms with Crippen LogP contribution in [0, 0.1) is 0 Å². The van der Waals surface area contributed by atoms with E-state index in [2.05, 4.69) is 20.6 Å². The number of rotatable bonds is 3. The minimum atomic E-state index is -0.467. The highest BCUT2D eigenvalue weighted by atomic mass is 32.2. The first kappa shape index (κ1) is 11.3. The minimum Gasteiger partial charge on any atom is -0.272 e. The van der Waals surface area contributed by atoms with Crippen molar-refractivity contribution in [3.63, 3.8) is 0 Å². The molecule has 1 aromatic rings. The second kappa shape index (κ2) is 5.21. The van der Waals surface area contributed by atoms with Crippen molar-refractivity contribution < 1.29 is 4.79 Å². The lowest BCUT2D eigenvalue weighted by Gasteiger charge is -2.02. The van der Waals surface area contributed by atoms with Gasteiger partial charge in [-0.05, 0) is 0 Å². The number of aliphatic imine (C=N–C) groups is 1. The quantitative estimate of drug-likeness (QED) is 0.762. The van der Waals surface area contributed by atoms with Gasteiger partial charge in [-0.15, -0.1) is 0 Å². The van der Waals surface area contributed by atoms with Crippen molar-refractivity contribution in [3.05, 3.63) is 16.8 Å². The van der Waals surface area contributed by atoms with Gasteiger partial charge in [0.1, 0.15) is 10.7 Å². The van der Waals surface area contributed by atoms with Crippen LogP contribution in [0.15, 0.2) is 16.1 Å². The molecule has 0 unspecified atom stereocenters. The van der Waals surface area contributed by atoms with Crippen molar-refractivity contribution in [1.29, 1.82) is 0 Å². The average molecular weight is 259 g/mol. The minimum absolute atomic E-state index is 0.240. The Morgan fingerprint density at radius 1 is 1.75 bits per heavy atom. The van der Waals surface area contributed by atoms with E-state index in [0.717, 1.165) is 21.3 Å². The van der Waals surface area contributed by atoms with Crippen LogP contribution in [0.3, 0.4) is 0 Å². The molecule has 0 spiro atoms. The smallest absolute Gasteiger partial charge is 0.272 e. The number of carbonyl (C=O) groups is 1. The first-order valence-corrected chi connectivity index (χ1v) is 6.45. The van der Waals surface area contributed by atoms with E-state index in [1.54, 1.807) is 11.8 Å². The summed E-state index contributed by atoms with van der Waals surface area (Å²) in [5, 5.41) is 5.67. The van der Waals surface area contributed by atoms with Crippen LogP contribution >= 0.6 is 23.5 Å². The maximum absolute atomic E-state index is 11.4. The molecular formula is C7H9N5O2S2. The monoisotopic (exact) mass is 259 g/mol. The van der Waals surface area contributed by atoms with Crippen molar-refractivity contribution in [2.24, 2.45) is 4.99 Å². The van der Waals surface area contributed by atoms with Crippen LogP contribution in [0.5, 0.6) is 0 Å². The summed E-state index contributed by atoms with van der Waals surface area (Å²) in [4.78, 5) is 26.6. The summed E-state index contributed by atoms with van der Waals surface area (Å²) in [5.74, 6) is 0.956. The van der Waals surface area contributed by atoms with Crippen molar-refractivity contribution in [1.82, 2.24) is 14.9 Å². The highest BCUT2D eigenvalue weighted by Crippen LogP contribution is 2.21. The van der Waals surface area contributed by atoms with Crippen molar-refractivity contribution in [2.45, 2.75) is 0 Å². The fourth-order valence-corrected chi connectivity index (χ4v) is 2.83. The Labute approximate surface area is 99.1 Å². The maximum Gasteiger partial charge on any atom is 0.362 e. The normalized spacial score (nSPS) is 14.9. The second-order valence-electron chi connectivity index (χ2n) is 2.85. The van der Waals surface area contributed by atoms with E-state index >= 15 is 0 Å². The van der Waals surface area contributed by atoms with Crippen LogP contribution in [-0.4, -0.2) is 43.2 Å². The van der Waals surface area contributed by atoms with Gasteiger partial charge in [0.2, 0.25) is 5.91 Å². The Bertz CT molecular complexity index is 465. The zero-order chi connectivity index (χ0) is 11.4. The van der Waals surface area contributed by atoms with Gasteiger partial charge in [0.05, 0.1) is 12.3 Å². The third-order valence-corrected chi connectivity index (χ3v) is 3.93. The predicted octanol–water partition coefficient (Wildman–Crippen LogP) is -0.522. The molecule has 86 valence electrons. The van der Waals surface area contributed by atoms with Gasteiger partial charge in [-0.25, -0.2) is 9.89 Å². The van der Waals surface area contributed by atoms with Gasteiger partial charge in [-0.1, -0.05) is 23.5 Å². The maximum atomic E-state index is 11.4. The van der Waals surface area contributed by atoms with Gasteiger partial charge in [-0.3, -0.25) is 15.2 Å². The SMILES string of the molecule is O=C(CSC1=NCCS1)Nn1cn[nH]c1=O. The lowest BCUT2D eigenvalue weighted by molar-refractivity contribution is -0.114. The lowest BCUT2D eigenvalue weighted by Crippen LogP contribution is -2.32. The molecule has 0 radical (unpaired) electrons. The molecule has 0 aliphatic carbocycles. The van der Waals surface area contributed by atoms with Gasteiger partial charge in [0.15, 0.2) is 0 Å². The largest absolute Gasteiger partial charge is 0.362 e. The highest BCUT2D eigenvalue weighted by Gasteiger charge is 2.11. The first-order chi connectivity index (χ1) is 7.75. The molecule has 1 amide bonds. The van der Waals surface area contributed by atoms with Crippen molar-refractivity contribution >= 4 is 33.8 Å². The summed E-state index contributed by atoms with van der Waals surface area (Å²) < 4.78 is 1.93. The van der Waals surface area contributed by atoms with E-state index in [1.807, 2.05) is 0 Å². The molecule has 0 atom stereocenters. The molecule has 0 bridgehead atoms. The van der Waals surface area contributed by atoms with Gasteiger partial charge in [-0.2, -0.15) is 9.77 Å². The van der Waals surface area contributed by atoms with Crippen molar-refractivity contribution in [3.8, 4) is 0 Å².